The summed E-state index contributed by atoms with van der Waals surface area (Å²) in [5.74, 6) is 0.115. The second-order valence-electron chi connectivity index (χ2n) is 6.61. The molecule has 0 heterocycles. The van der Waals surface area contributed by atoms with Crippen LogP contribution < -0.4 is 0 Å². The van der Waals surface area contributed by atoms with E-state index < -0.39 is 0 Å². The first-order valence-corrected chi connectivity index (χ1v) is 9.37. The molecule has 2 unspecified atom stereocenters. The average Bonchev–Trinajstić information content (AvgIpc) is 2.62. The fourth-order valence-electron chi connectivity index (χ4n) is 3.59. The van der Waals surface area contributed by atoms with E-state index in [2.05, 4.69) is 0 Å². The monoisotopic (exact) mass is 374 g/mol. The maximum Gasteiger partial charge on any atom is 0.163 e. The second-order valence-corrected chi connectivity index (χ2v) is 7.48. The summed E-state index contributed by atoms with van der Waals surface area (Å²) in [7, 11) is 0. The first-order chi connectivity index (χ1) is 12.0. The van der Waals surface area contributed by atoms with Gasteiger partial charge in [-0.2, -0.15) is 0 Å². The van der Waals surface area contributed by atoms with Crippen LogP contribution in [0.5, 0.6) is 0 Å². The zero-order chi connectivity index (χ0) is 17.8. The van der Waals surface area contributed by atoms with Gasteiger partial charge in [0.25, 0.3) is 0 Å². The molecular formula is C21H20Cl2O2. The summed E-state index contributed by atoms with van der Waals surface area (Å²) in [6, 6.07) is 14.4. The molecule has 0 radical (unpaired) electrons. The van der Waals surface area contributed by atoms with Crippen LogP contribution in [-0.4, -0.2) is 11.6 Å². The molecule has 3 rings (SSSR count). The molecule has 130 valence electrons. The highest BCUT2D eigenvalue weighted by atomic mass is 35.5. The largest absolute Gasteiger partial charge is 0.299 e. The van der Waals surface area contributed by atoms with Gasteiger partial charge in [0.1, 0.15) is 5.78 Å². The van der Waals surface area contributed by atoms with Crippen molar-refractivity contribution < 1.29 is 9.59 Å². The molecule has 2 atom stereocenters. The number of ketones is 2. The van der Waals surface area contributed by atoms with Gasteiger partial charge in [0.2, 0.25) is 0 Å². The highest BCUT2D eigenvalue weighted by Gasteiger charge is 2.32. The van der Waals surface area contributed by atoms with Crippen LogP contribution in [0.2, 0.25) is 10.0 Å². The maximum atomic E-state index is 12.8. The second kappa shape index (κ2) is 8.16. The lowest BCUT2D eigenvalue weighted by molar-refractivity contribution is -0.125. The topological polar surface area (TPSA) is 34.1 Å². The predicted molar refractivity (Wildman–Crippen MR) is 102 cm³/mol. The first-order valence-electron chi connectivity index (χ1n) is 8.61. The minimum Gasteiger partial charge on any atom is -0.299 e. The Morgan fingerprint density at radius 2 is 1.56 bits per heavy atom. The number of hydrogen-bond donors (Lipinski definition) is 0. The Bertz CT molecular complexity index is 750. The zero-order valence-electron chi connectivity index (χ0n) is 13.9. The third-order valence-corrected chi connectivity index (χ3v) is 5.46. The van der Waals surface area contributed by atoms with Gasteiger partial charge in [-0.15, -0.1) is 0 Å². The fourth-order valence-corrected chi connectivity index (χ4v) is 3.84. The van der Waals surface area contributed by atoms with Crippen LogP contribution in [0.15, 0.2) is 48.5 Å². The van der Waals surface area contributed by atoms with Gasteiger partial charge in [-0.05, 0) is 54.8 Å². The molecule has 1 fully saturated rings. The van der Waals surface area contributed by atoms with Gasteiger partial charge < -0.3 is 0 Å². The van der Waals surface area contributed by atoms with Crippen molar-refractivity contribution in [2.24, 2.45) is 5.92 Å². The van der Waals surface area contributed by atoms with E-state index >= 15 is 0 Å². The number of halogens is 2. The lowest BCUT2D eigenvalue weighted by Crippen LogP contribution is -2.27. The summed E-state index contributed by atoms with van der Waals surface area (Å²) >= 11 is 11.9. The van der Waals surface area contributed by atoms with Crippen molar-refractivity contribution in [1.29, 1.82) is 0 Å². The van der Waals surface area contributed by atoms with E-state index in [9.17, 15) is 9.59 Å². The van der Waals surface area contributed by atoms with Crippen LogP contribution in [0, 0.1) is 5.92 Å². The van der Waals surface area contributed by atoms with E-state index in [1.165, 1.54) is 0 Å². The van der Waals surface area contributed by atoms with Crippen LogP contribution >= 0.6 is 23.2 Å². The lowest BCUT2D eigenvalue weighted by Gasteiger charge is -2.29. The van der Waals surface area contributed by atoms with Crippen molar-refractivity contribution >= 4 is 34.8 Å². The minimum absolute atomic E-state index is 0.0370. The third-order valence-electron chi connectivity index (χ3n) is 4.96. The third kappa shape index (κ3) is 4.50. The summed E-state index contributed by atoms with van der Waals surface area (Å²) in [6.07, 6.45) is 3.77. The van der Waals surface area contributed by atoms with Crippen molar-refractivity contribution in [3.8, 4) is 0 Å². The first kappa shape index (κ1) is 18.2. The SMILES string of the molecule is O=C(CC(c1ccc(Cl)cc1)C1CCCCC1=O)c1ccc(Cl)cc1. The Hall–Kier alpha value is -1.64. The van der Waals surface area contributed by atoms with Crippen molar-refractivity contribution in [3.05, 3.63) is 69.7 Å². The number of rotatable bonds is 5. The molecule has 1 aliphatic rings. The Kier molecular flexibility index (Phi) is 5.93. The zero-order valence-corrected chi connectivity index (χ0v) is 15.4. The molecule has 2 aromatic carbocycles. The molecule has 0 amide bonds. The molecule has 0 saturated heterocycles. The number of carbonyl (C=O) groups is 2. The van der Waals surface area contributed by atoms with E-state index in [4.69, 9.17) is 23.2 Å². The van der Waals surface area contributed by atoms with E-state index in [1.807, 2.05) is 24.3 Å². The van der Waals surface area contributed by atoms with Gasteiger partial charge in [-0.3, -0.25) is 9.59 Å². The van der Waals surface area contributed by atoms with Gasteiger partial charge in [0, 0.05) is 40.3 Å². The van der Waals surface area contributed by atoms with Gasteiger partial charge in [-0.25, -0.2) is 0 Å². The summed E-state index contributed by atoms with van der Waals surface area (Å²) in [5.41, 5.74) is 1.64. The molecule has 1 aliphatic carbocycles. The molecule has 25 heavy (non-hydrogen) atoms. The number of Topliss-reactive ketones (excluding diaryl/α,β-unsaturated/α-hetero) is 2. The van der Waals surface area contributed by atoms with Gasteiger partial charge >= 0.3 is 0 Å². The number of hydrogen-bond acceptors (Lipinski definition) is 2. The van der Waals surface area contributed by atoms with Gasteiger partial charge in [-0.1, -0.05) is 41.8 Å². The van der Waals surface area contributed by atoms with Crippen molar-refractivity contribution in [1.82, 2.24) is 0 Å². The van der Waals surface area contributed by atoms with Crippen LogP contribution in [0.25, 0.3) is 0 Å². The van der Waals surface area contributed by atoms with Gasteiger partial charge in [0.15, 0.2) is 5.78 Å². The quantitative estimate of drug-likeness (QED) is 0.591. The molecule has 0 bridgehead atoms. The fraction of sp³-hybridized carbons (Fsp3) is 0.333. The summed E-state index contributed by atoms with van der Waals surface area (Å²) in [5, 5.41) is 1.26. The highest BCUT2D eigenvalue weighted by molar-refractivity contribution is 6.30. The maximum absolute atomic E-state index is 12.8. The van der Waals surface area contributed by atoms with E-state index in [0.29, 0.717) is 28.5 Å². The average molecular weight is 375 g/mol. The molecule has 0 aromatic heterocycles. The molecule has 2 nitrogen and oxygen atoms in total. The number of carbonyl (C=O) groups excluding carboxylic acids is 2. The number of benzene rings is 2. The Morgan fingerprint density at radius 1 is 0.960 bits per heavy atom. The van der Waals surface area contributed by atoms with E-state index in [-0.39, 0.29) is 23.4 Å². The normalized spacial score (nSPS) is 18.8. The predicted octanol–water partition coefficient (Wildman–Crippen LogP) is 6.11. The minimum atomic E-state index is -0.103. The Balaban J connectivity index is 1.87. The smallest absolute Gasteiger partial charge is 0.163 e. The van der Waals surface area contributed by atoms with Crippen LogP contribution in [-0.2, 0) is 4.79 Å². The Morgan fingerprint density at radius 3 is 2.16 bits per heavy atom. The Labute approximate surface area is 158 Å². The molecule has 2 aromatic rings. The van der Waals surface area contributed by atoms with Crippen LogP contribution in [0.4, 0.5) is 0 Å². The molecule has 0 aliphatic heterocycles. The standard InChI is InChI=1S/C21H20Cl2O2/c22-16-9-5-14(6-10-16)19(18-3-1-2-4-20(18)24)13-21(25)15-7-11-17(23)12-8-15/h5-12,18-19H,1-4,13H2. The molecular weight excluding hydrogens is 355 g/mol. The van der Waals surface area contributed by atoms with Crippen molar-refractivity contribution in [2.75, 3.05) is 0 Å². The van der Waals surface area contributed by atoms with Crippen LogP contribution in [0.3, 0.4) is 0 Å². The van der Waals surface area contributed by atoms with E-state index in [0.717, 1.165) is 24.8 Å². The molecule has 1 saturated carbocycles. The summed E-state index contributed by atoms with van der Waals surface area (Å²) in [4.78, 5) is 25.3. The molecule has 0 N–H and O–H groups in total. The highest BCUT2D eigenvalue weighted by Crippen LogP contribution is 2.37. The summed E-state index contributed by atoms with van der Waals surface area (Å²) < 4.78 is 0. The van der Waals surface area contributed by atoms with E-state index in [1.54, 1.807) is 24.3 Å². The van der Waals surface area contributed by atoms with Crippen molar-refractivity contribution in [3.63, 3.8) is 0 Å². The molecule has 4 heteroatoms. The van der Waals surface area contributed by atoms with Crippen molar-refractivity contribution in [2.45, 2.75) is 38.0 Å². The lowest BCUT2D eigenvalue weighted by atomic mass is 9.73. The van der Waals surface area contributed by atoms with Gasteiger partial charge in [0.05, 0.1) is 0 Å². The summed E-state index contributed by atoms with van der Waals surface area (Å²) in [6.45, 7) is 0. The molecule has 0 spiro atoms. The van der Waals surface area contributed by atoms with Crippen LogP contribution in [0.1, 0.15) is 53.9 Å².